The Hall–Kier alpha value is -0.430. The fourth-order valence-corrected chi connectivity index (χ4v) is 3.69. The van der Waals surface area contributed by atoms with Crippen LogP contribution in [-0.2, 0) is 0 Å². The molecule has 1 amide bonds. The molecule has 1 N–H and O–H groups in total. The molecule has 0 bridgehead atoms. The Balaban J connectivity index is 2.05. The van der Waals surface area contributed by atoms with Crippen molar-refractivity contribution in [3.05, 3.63) is 32.7 Å². The van der Waals surface area contributed by atoms with E-state index in [1.54, 1.807) is 0 Å². The number of halogens is 2. The van der Waals surface area contributed by atoms with E-state index in [-0.39, 0.29) is 12.5 Å². The first-order chi connectivity index (χ1) is 9.60. The van der Waals surface area contributed by atoms with Crippen LogP contribution in [-0.4, -0.2) is 60.1 Å². The Morgan fingerprint density at radius 1 is 1.10 bits per heavy atom. The van der Waals surface area contributed by atoms with Gasteiger partial charge in [0.25, 0.3) is 5.91 Å². The van der Waals surface area contributed by atoms with Crippen molar-refractivity contribution in [2.45, 2.75) is 6.42 Å². The Bertz CT molecular complexity index is 462. The molecule has 0 unspecified atom stereocenters. The minimum absolute atomic E-state index is 0.0675. The molecule has 20 heavy (non-hydrogen) atoms. The lowest BCUT2D eigenvalue weighted by molar-refractivity contribution is 0.0760. The van der Waals surface area contributed by atoms with Crippen molar-refractivity contribution in [2.75, 3.05) is 39.3 Å². The van der Waals surface area contributed by atoms with Gasteiger partial charge in [0, 0.05) is 40.7 Å². The van der Waals surface area contributed by atoms with Crippen LogP contribution in [0.25, 0.3) is 0 Å². The number of amides is 1. The molecule has 0 radical (unpaired) electrons. The number of hydrogen-bond donors (Lipinski definition) is 1. The molecule has 0 saturated carbocycles. The second-order valence-electron chi connectivity index (χ2n) is 4.87. The predicted octanol–water partition coefficient (Wildman–Crippen LogP) is 2.35. The van der Waals surface area contributed by atoms with Gasteiger partial charge in [-0.2, -0.15) is 0 Å². The van der Waals surface area contributed by atoms with E-state index in [0.29, 0.717) is 18.7 Å². The van der Waals surface area contributed by atoms with E-state index in [4.69, 9.17) is 5.11 Å². The summed E-state index contributed by atoms with van der Waals surface area (Å²) in [6.45, 7) is 4.10. The number of aliphatic hydroxyl groups excluding tert-OH is 1. The first-order valence-corrected chi connectivity index (χ1v) is 8.27. The van der Waals surface area contributed by atoms with Gasteiger partial charge in [-0.25, -0.2) is 0 Å². The fourth-order valence-electron chi connectivity index (χ4n) is 2.40. The first kappa shape index (κ1) is 15.9. The van der Waals surface area contributed by atoms with Crippen LogP contribution in [0.1, 0.15) is 16.8 Å². The molecule has 1 heterocycles. The number of benzene rings is 1. The van der Waals surface area contributed by atoms with Crippen molar-refractivity contribution in [1.29, 1.82) is 0 Å². The zero-order chi connectivity index (χ0) is 14.5. The van der Waals surface area contributed by atoms with Gasteiger partial charge in [0.05, 0.1) is 6.61 Å². The Kier molecular flexibility index (Phi) is 6.01. The van der Waals surface area contributed by atoms with E-state index < -0.39 is 0 Å². The van der Waals surface area contributed by atoms with Crippen molar-refractivity contribution in [2.24, 2.45) is 0 Å². The fraction of sp³-hybridized carbons (Fsp3) is 0.500. The third-order valence-electron chi connectivity index (χ3n) is 3.40. The third-order valence-corrected chi connectivity index (χ3v) is 4.32. The number of hydrogen-bond acceptors (Lipinski definition) is 3. The lowest BCUT2D eigenvalue weighted by Crippen LogP contribution is -2.35. The van der Waals surface area contributed by atoms with Crippen molar-refractivity contribution in [1.82, 2.24) is 9.80 Å². The maximum Gasteiger partial charge on any atom is 0.253 e. The first-order valence-electron chi connectivity index (χ1n) is 6.69. The van der Waals surface area contributed by atoms with Gasteiger partial charge in [-0.05, 0) is 31.2 Å². The number of carbonyl (C=O) groups is 1. The van der Waals surface area contributed by atoms with Crippen molar-refractivity contribution < 1.29 is 9.90 Å². The molecule has 0 atom stereocenters. The zero-order valence-corrected chi connectivity index (χ0v) is 14.4. The predicted molar refractivity (Wildman–Crippen MR) is 85.9 cm³/mol. The van der Waals surface area contributed by atoms with Gasteiger partial charge in [-0.15, -0.1) is 0 Å². The van der Waals surface area contributed by atoms with Crippen LogP contribution >= 0.6 is 31.9 Å². The van der Waals surface area contributed by atoms with Crippen LogP contribution in [0.2, 0.25) is 0 Å². The van der Waals surface area contributed by atoms with Gasteiger partial charge in [0.1, 0.15) is 0 Å². The molecule has 1 aromatic rings. The summed E-state index contributed by atoms with van der Waals surface area (Å²) in [6, 6.07) is 5.62. The Morgan fingerprint density at radius 3 is 2.45 bits per heavy atom. The molecular weight excluding hydrogens is 388 g/mol. The number of nitrogens with zero attached hydrogens (tertiary/aromatic N) is 2. The number of carbonyl (C=O) groups excluding carboxylic acids is 1. The lowest BCUT2D eigenvalue weighted by Gasteiger charge is -2.21. The number of aliphatic hydroxyl groups is 1. The summed E-state index contributed by atoms with van der Waals surface area (Å²) in [5.41, 5.74) is 0.696. The highest BCUT2D eigenvalue weighted by Crippen LogP contribution is 2.21. The van der Waals surface area contributed by atoms with E-state index in [1.807, 2.05) is 23.1 Å². The molecule has 4 nitrogen and oxygen atoms in total. The molecule has 0 aliphatic carbocycles. The largest absolute Gasteiger partial charge is 0.395 e. The summed E-state index contributed by atoms with van der Waals surface area (Å²) >= 11 is 6.83. The topological polar surface area (TPSA) is 43.8 Å². The van der Waals surface area contributed by atoms with Crippen LogP contribution in [0, 0.1) is 0 Å². The molecule has 2 rings (SSSR count). The molecule has 1 saturated heterocycles. The van der Waals surface area contributed by atoms with E-state index in [2.05, 4.69) is 36.8 Å². The summed E-state index contributed by atoms with van der Waals surface area (Å²) in [7, 11) is 0. The van der Waals surface area contributed by atoms with E-state index in [0.717, 1.165) is 35.0 Å². The molecule has 1 aromatic carbocycles. The maximum atomic E-state index is 12.5. The normalized spacial score (nSPS) is 17.1. The van der Waals surface area contributed by atoms with Gasteiger partial charge in [0.15, 0.2) is 0 Å². The number of rotatable bonds is 3. The smallest absolute Gasteiger partial charge is 0.253 e. The molecule has 1 aliphatic rings. The van der Waals surface area contributed by atoms with Gasteiger partial charge in [0.2, 0.25) is 0 Å². The van der Waals surface area contributed by atoms with Crippen molar-refractivity contribution in [3.8, 4) is 0 Å². The molecular formula is C14H18Br2N2O2. The summed E-state index contributed by atoms with van der Waals surface area (Å²) in [5.74, 6) is 0.0675. The van der Waals surface area contributed by atoms with E-state index in [1.165, 1.54) is 0 Å². The van der Waals surface area contributed by atoms with Crippen molar-refractivity contribution >= 4 is 37.8 Å². The van der Waals surface area contributed by atoms with Crippen LogP contribution in [0.4, 0.5) is 0 Å². The molecule has 6 heteroatoms. The zero-order valence-electron chi connectivity index (χ0n) is 11.2. The van der Waals surface area contributed by atoms with Crippen LogP contribution in [0.15, 0.2) is 27.1 Å². The molecule has 0 spiro atoms. The Labute approximate surface area is 136 Å². The minimum Gasteiger partial charge on any atom is -0.395 e. The maximum absolute atomic E-state index is 12.5. The standard InChI is InChI=1S/C14H18Br2N2O2/c15-12-8-11(9-13(16)10-12)14(20)18-3-1-2-17(4-5-18)6-7-19/h8-10,19H,1-7H2. The van der Waals surface area contributed by atoms with Gasteiger partial charge in [-0.3, -0.25) is 9.69 Å². The average Bonchev–Trinajstić information content (AvgIpc) is 2.63. The average molecular weight is 406 g/mol. The lowest BCUT2D eigenvalue weighted by atomic mass is 10.2. The van der Waals surface area contributed by atoms with Crippen molar-refractivity contribution in [3.63, 3.8) is 0 Å². The van der Waals surface area contributed by atoms with Crippen LogP contribution in [0.3, 0.4) is 0 Å². The monoisotopic (exact) mass is 404 g/mol. The number of β-amino-alcohol motifs (C(OH)–C–C–N with tert-alkyl or cyclic N) is 1. The second kappa shape index (κ2) is 7.54. The molecule has 1 aliphatic heterocycles. The highest BCUT2D eigenvalue weighted by Gasteiger charge is 2.20. The molecule has 110 valence electrons. The minimum atomic E-state index is 0.0675. The Morgan fingerprint density at radius 2 is 1.80 bits per heavy atom. The van der Waals surface area contributed by atoms with Crippen LogP contribution in [0.5, 0.6) is 0 Å². The summed E-state index contributed by atoms with van der Waals surface area (Å²) < 4.78 is 1.79. The SMILES string of the molecule is O=C(c1cc(Br)cc(Br)c1)N1CCCN(CCO)CC1. The van der Waals surface area contributed by atoms with Gasteiger partial charge < -0.3 is 10.0 Å². The van der Waals surface area contributed by atoms with E-state index in [9.17, 15) is 4.79 Å². The highest BCUT2D eigenvalue weighted by molar-refractivity contribution is 9.11. The van der Waals surface area contributed by atoms with Gasteiger partial charge in [-0.1, -0.05) is 31.9 Å². The van der Waals surface area contributed by atoms with Crippen LogP contribution < -0.4 is 0 Å². The van der Waals surface area contributed by atoms with E-state index >= 15 is 0 Å². The second-order valence-corrected chi connectivity index (χ2v) is 6.70. The third kappa shape index (κ3) is 4.28. The van der Waals surface area contributed by atoms with Gasteiger partial charge >= 0.3 is 0 Å². The summed E-state index contributed by atoms with van der Waals surface area (Å²) in [5, 5.41) is 8.99. The summed E-state index contributed by atoms with van der Waals surface area (Å²) in [4.78, 5) is 16.6. The summed E-state index contributed by atoms with van der Waals surface area (Å²) in [6.07, 6.45) is 0.945. The molecule has 1 fully saturated rings. The highest BCUT2D eigenvalue weighted by atomic mass is 79.9. The molecule has 0 aromatic heterocycles. The quantitative estimate of drug-likeness (QED) is 0.839.